The standard InChI is InChI=1S/C30H36ClN3O5S/c1-4-5-17-32-30(36)28(19-23-11-7-6-8-12-23)33(21-24-13-9-14-25(31)18-24)29(35)22-34(40(3,37)38)26-15-10-16-27(20-26)39-2/h6-16,18,20,28H,4-5,17,19,21-22H2,1-3H3,(H,32,36)/t28-/m1/s1. The number of hydrogen-bond donors (Lipinski definition) is 1. The second-order valence-corrected chi connectivity index (χ2v) is 11.8. The number of carbonyl (C=O) groups excluding carboxylic acids is 2. The molecule has 0 aliphatic carbocycles. The molecule has 40 heavy (non-hydrogen) atoms. The van der Waals surface area contributed by atoms with Gasteiger partial charge in [-0.1, -0.05) is 73.5 Å². The van der Waals surface area contributed by atoms with E-state index in [2.05, 4.69) is 5.32 Å². The molecule has 2 amide bonds. The van der Waals surface area contributed by atoms with Crippen LogP contribution in [0.5, 0.6) is 5.75 Å². The smallest absolute Gasteiger partial charge is 0.244 e. The van der Waals surface area contributed by atoms with E-state index in [1.165, 1.54) is 12.0 Å². The third-order valence-electron chi connectivity index (χ3n) is 6.36. The Labute approximate surface area is 241 Å². The minimum Gasteiger partial charge on any atom is -0.497 e. The number of sulfonamides is 1. The van der Waals surface area contributed by atoms with E-state index in [0.29, 0.717) is 22.9 Å². The minimum atomic E-state index is -3.86. The van der Waals surface area contributed by atoms with Gasteiger partial charge in [0.1, 0.15) is 18.3 Å². The highest BCUT2D eigenvalue weighted by Crippen LogP contribution is 2.24. The highest BCUT2D eigenvalue weighted by molar-refractivity contribution is 7.92. The molecule has 8 nitrogen and oxygen atoms in total. The molecule has 0 aliphatic rings. The highest BCUT2D eigenvalue weighted by atomic mass is 35.5. The lowest BCUT2D eigenvalue weighted by Gasteiger charge is -2.33. The van der Waals surface area contributed by atoms with Crippen molar-refractivity contribution in [3.05, 3.63) is 95.0 Å². The van der Waals surface area contributed by atoms with Crippen LogP contribution >= 0.6 is 11.6 Å². The summed E-state index contributed by atoms with van der Waals surface area (Å²) in [5.74, 6) is -0.383. The van der Waals surface area contributed by atoms with Gasteiger partial charge >= 0.3 is 0 Å². The van der Waals surface area contributed by atoms with E-state index < -0.39 is 28.5 Å². The Morgan fingerprint density at radius 1 is 0.975 bits per heavy atom. The second-order valence-electron chi connectivity index (χ2n) is 9.47. The molecule has 3 rings (SSSR count). The van der Waals surface area contributed by atoms with Gasteiger partial charge in [-0.15, -0.1) is 0 Å². The number of ether oxygens (including phenoxy) is 1. The second kappa shape index (κ2) is 14.7. The molecule has 1 N–H and O–H groups in total. The maximum atomic E-state index is 14.1. The fourth-order valence-electron chi connectivity index (χ4n) is 4.27. The Bertz CT molecular complexity index is 1380. The molecule has 0 saturated heterocycles. The fourth-order valence-corrected chi connectivity index (χ4v) is 5.33. The van der Waals surface area contributed by atoms with Crippen molar-refractivity contribution in [3.8, 4) is 5.75 Å². The summed E-state index contributed by atoms with van der Waals surface area (Å²) < 4.78 is 32.0. The number of nitrogens with one attached hydrogen (secondary N) is 1. The van der Waals surface area contributed by atoms with Crippen molar-refractivity contribution < 1.29 is 22.7 Å². The summed E-state index contributed by atoms with van der Waals surface area (Å²) >= 11 is 6.23. The first-order chi connectivity index (χ1) is 19.1. The SMILES string of the molecule is CCCCNC(=O)[C@@H](Cc1ccccc1)N(Cc1cccc(Cl)c1)C(=O)CN(c1cccc(OC)c1)S(C)(=O)=O. The van der Waals surface area contributed by atoms with Crippen molar-refractivity contribution in [1.29, 1.82) is 0 Å². The number of unbranched alkanes of at least 4 members (excludes halogenated alkanes) is 1. The van der Waals surface area contributed by atoms with E-state index >= 15 is 0 Å². The zero-order valence-corrected chi connectivity index (χ0v) is 24.6. The van der Waals surface area contributed by atoms with Gasteiger partial charge in [-0.05, 0) is 41.8 Å². The number of methoxy groups -OCH3 is 1. The number of halogens is 1. The van der Waals surface area contributed by atoms with Gasteiger partial charge < -0.3 is 15.0 Å². The topological polar surface area (TPSA) is 96.0 Å². The Hall–Kier alpha value is -3.56. The quantitative estimate of drug-likeness (QED) is 0.277. The largest absolute Gasteiger partial charge is 0.497 e. The van der Waals surface area contributed by atoms with Crippen molar-refractivity contribution in [2.45, 2.75) is 38.8 Å². The molecule has 1 atom stereocenters. The third-order valence-corrected chi connectivity index (χ3v) is 7.74. The zero-order valence-electron chi connectivity index (χ0n) is 23.0. The van der Waals surface area contributed by atoms with Crippen molar-refractivity contribution in [3.63, 3.8) is 0 Å². The van der Waals surface area contributed by atoms with Crippen LogP contribution in [0.2, 0.25) is 5.02 Å². The van der Waals surface area contributed by atoms with E-state index in [0.717, 1.165) is 29.0 Å². The summed E-state index contributed by atoms with van der Waals surface area (Å²) in [5.41, 5.74) is 1.87. The number of hydrogen-bond acceptors (Lipinski definition) is 5. The monoisotopic (exact) mass is 585 g/mol. The lowest BCUT2D eigenvalue weighted by atomic mass is 10.0. The zero-order chi connectivity index (χ0) is 29.1. The van der Waals surface area contributed by atoms with E-state index in [1.807, 2.05) is 43.3 Å². The van der Waals surface area contributed by atoms with Crippen LogP contribution in [0, 0.1) is 0 Å². The number of carbonyl (C=O) groups is 2. The van der Waals surface area contributed by atoms with Crippen LogP contribution in [-0.2, 0) is 32.6 Å². The van der Waals surface area contributed by atoms with Crippen LogP contribution in [0.4, 0.5) is 5.69 Å². The Balaban J connectivity index is 2.04. The molecule has 0 radical (unpaired) electrons. The lowest BCUT2D eigenvalue weighted by molar-refractivity contribution is -0.140. The molecule has 0 unspecified atom stereocenters. The van der Waals surface area contributed by atoms with Crippen LogP contribution in [-0.4, -0.2) is 57.6 Å². The van der Waals surface area contributed by atoms with Crippen LogP contribution in [0.1, 0.15) is 30.9 Å². The summed E-state index contributed by atoms with van der Waals surface area (Å²) in [6.07, 6.45) is 2.99. The van der Waals surface area contributed by atoms with Gasteiger partial charge in [-0.2, -0.15) is 0 Å². The molecule has 0 aromatic heterocycles. The molecular formula is C30H36ClN3O5S. The molecule has 0 fully saturated rings. The van der Waals surface area contributed by atoms with Gasteiger partial charge in [-0.3, -0.25) is 13.9 Å². The van der Waals surface area contributed by atoms with Crippen molar-refractivity contribution in [2.75, 3.05) is 30.8 Å². The van der Waals surface area contributed by atoms with Crippen LogP contribution in [0.3, 0.4) is 0 Å². The first kappa shape index (κ1) is 31.0. The lowest BCUT2D eigenvalue weighted by Crippen LogP contribution is -2.53. The Kier molecular flexibility index (Phi) is 11.4. The predicted molar refractivity (Wildman–Crippen MR) is 159 cm³/mol. The molecule has 10 heteroatoms. The fraction of sp³-hybridized carbons (Fsp3) is 0.333. The van der Waals surface area contributed by atoms with Gasteiger partial charge in [0.2, 0.25) is 21.8 Å². The van der Waals surface area contributed by atoms with E-state index in [1.54, 1.807) is 42.5 Å². The third kappa shape index (κ3) is 8.99. The van der Waals surface area contributed by atoms with E-state index in [4.69, 9.17) is 16.3 Å². The maximum absolute atomic E-state index is 14.1. The molecule has 3 aromatic carbocycles. The molecule has 0 spiro atoms. The van der Waals surface area contributed by atoms with Gasteiger partial charge in [0.05, 0.1) is 19.1 Å². The molecule has 214 valence electrons. The van der Waals surface area contributed by atoms with Gasteiger partial charge in [0.25, 0.3) is 0 Å². The first-order valence-corrected chi connectivity index (χ1v) is 15.3. The summed E-state index contributed by atoms with van der Waals surface area (Å²) in [7, 11) is -2.39. The molecule has 0 aliphatic heterocycles. The molecule has 3 aromatic rings. The summed E-state index contributed by atoms with van der Waals surface area (Å²) in [6.45, 7) is 2.06. The van der Waals surface area contributed by atoms with Gasteiger partial charge in [-0.25, -0.2) is 8.42 Å². The predicted octanol–water partition coefficient (Wildman–Crippen LogP) is 4.67. The van der Waals surface area contributed by atoms with E-state index in [-0.39, 0.29) is 24.6 Å². The van der Waals surface area contributed by atoms with Gasteiger partial charge in [0.15, 0.2) is 0 Å². The van der Waals surface area contributed by atoms with Crippen LogP contribution in [0.15, 0.2) is 78.9 Å². The Morgan fingerprint density at radius 3 is 2.33 bits per heavy atom. The summed E-state index contributed by atoms with van der Waals surface area (Å²) in [4.78, 5) is 29.1. The van der Waals surface area contributed by atoms with Crippen molar-refractivity contribution >= 4 is 39.1 Å². The number of amides is 2. The summed E-state index contributed by atoms with van der Waals surface area (Å²) in [6, 6.07) is 22.1. The number of rotatable bonds is 14. The maximum Gasteiger partial charge on any atom is 0.244 e. The highest BCUT2D eigenvalue weighted by Gasteiger charge is 2.33. The van der Waals surface area contributed by atoms with Gasteiger partial charge in [0, 0.05) is 30.6 Å². The van der Waals surface area contributed by atoms with Crippen LogP contribution in [0.25, 0.3) is 0 Å². The number of anilines is 1. The first-order valence-electron chi connectivity index (χ1n) is 13.1. The number of benzene rings is 3. The Morgan fingerprint density at radius 2 is 1.68 bits per heavy atom. The minimum absolute atomic E-state index is 0.0633. The average Bonchev–Trinajstić information content (AvgIpc) is 2.93. The van der Waals surface area contributed by atoms with E-state index in [9.17, 15) is 18.0 Å². The summed E-state index contributed by atoms with van der Waals surface area (Å²) in [5, 5.41) is 3.45. The normalized spacial score (nSPS) is 11.9. The van der Waals surface area contributed by atoms with Crippen molar-refractivity contribution in [1.82, 2.24) is 10.2 Å². The molecule has 0 heterocycles. The molecule has 0 saturated carbocycles. The number of nitrogens with zero attached hydrogens (tertiary/aromatic N) is 2. The van der Waals surface area contributed by atoms with Crippen LogP contribution < -0.4 is 14.4 Å². The molecular weight excluding hydrogens is 550 g/mol. The van der Waals surface area contributed by atoms with Crippen molar-refractivity contribution in [2.24, 2.45) is 0 Å². The molecule has 0 bridgehead atoms. The average molecular weight is 586 g/mol.